The molecule has 118 valence electrons. The Bertz CT molecular complexity index is 425. The first-order valence-electron chi connectivity index (χ1n) is 7.98. The Kier molecular flexibility index (Phi) is 7.44. The van der Waals surface area contributed by atoms with E-state index in [-0.39, 0.29) is 5.91 Å². The molecule has 0 aliphatic heterocycles. The Labute approximate surface area is 129 Å². The lowest BCUT2D eigenvalue weighted by Gasteiger charge is -2.22. The number of benzene rings is 1. The van der Waals surface area contributed by atoms with Crippen molar-refractivity contribution in [3.63, 3.8) is 0 Å². The van der Waals surface area contributed by atoms with Crippen LogP contribution in [0.3, 0.4) is 0 Å². The number of nitrogens with two attached hydrogens (primary N) is 1. The number of rotatable bonds is 8. The largest absolute Gasteiger partial charge is 0.341 e. The number of aryl methyl sites for hydroxylation is 1. The van der Waals surface area contributed by atoms with E-state index in [1.807, 2.05) is 11.9 Å². The summed E-state index contributed by atoms with van der Waals surface area (Å²) in [5, 5.41) is 0. The fourth-order valence-electron chi connectivity index (χ4n) is 2.57. The van der Waals surface area contributed by atoms with E-state index in [4.69, 9.17) is 5.73 Å². The van der Waals surface area contributed by atoms with Crippen LogP contribution in [0.25, 0.3) is 0 Å². The van der Waals surface area contributed by atoms with Crippen molar-refractivity contribution < 1.29 is 4.79 Å². The smallest absolute Gasteiger partial charge is 0.222 e. The highest BCUT2D eigenvalue weighted by Crippen LogP contribution is 2.16. The van der Waals surface area contributed by atoms with Gasteiger partial charge in [0.2, 0.25) is 5.91 Å². The zero-order valence-corrected chi connectivity index (χ0v) is 13.9. The molecule has 2 N–H and O–H groups in total. The molecule has 0 saturated carbocycles. The summed E-state index contributed by atoms with van der Waals surface area (Å²) in [6.07, 6.45) is 2.61. The molecule has 3 nitrogen and oxygen atoms in total. The third-order valence-electron chi connectivity index (χ3n) is 3.88. The van der Waals surface area contributed by atoms with E-state index in [0.29, 0.717) is 31.3 Å². The summed E-state index contributed by atoms with van der Waals surface area (Å²) in [4.78, 5) is 14.1. The predicted molar refractivity (Wildman–Crippen MR) is 88.9 cm³/mol. The zero-order valence-electron chi connectivity index (χ0n) is 13.9. The van der Waals surface area contributed by atoms with Gasteiger partial charge in [-0.05, 0) is 42.3 Å². The first kappa shape index (κ1) is 17.7. The number of hydrogen-bond donors (Lipinski definition) is 1. The highest BCUT2D eigenvalue weighted by molar-refractivity contribution is 5.76. The highest BCUT2D eigenvalue weighted by Gasteiger charge is 2.17. The summed E-state index contributed by atoms with van der Waals surface area (Å²) in [7, 11) is 1.87. The van der Waals surface area contributed by atoms with E-state index >= 15 is 0 Å². The molecule has 0 heterocycles. The van der Waals surface area contributed by atoms with Gasteiger partial charge in [0.25, 0.3) is 0 Å². The fourth-order valence-corrected chi connectivity index (χ4v) is 2.57. The maximum atomic E-state index is 12.3. The minimum atomic E-state index is 0.186. The highest BCUT2D eigenvalue weighted by atomic mass is 16.2. The van der Waals surface area contributed by atoms with Gasteiger partial charge < -0.3 is 10.6 Å². The van der Waals surface area contributed by atoms with Crippen LogP contribution in [-0.4, -0.2) is 24.4 Å². The summed E-state index contributed by atoms with van der Waals surface area (Å²) in [6, 6.07) is 8.48. The molecule has 0 saturated heterocycles. The van der Waals surface area contributed by atoms with E-state index in [2.05, 4.69) is 45.0 Å². The van der Waals surface area contributed by atoms with E-state index in [1.54, 1.807) is 0 Å². The van der Waals surface area contributed by atoms with Crippen molar-refractivity contribution in [2.45, 2.75) is 46.6 Å². The second-order valence-electron chi connectivity index (χ2n) is 6.36. The van der Waals surface area contributed by atoms with Gasteiger partial charge in [-0.1, -0.05) is 45.0 Å². The van der Waals surface area contributed by atoms with Gasteiger partial charge in [0, 0.05) is 20.0 Å². The molecular weight excluding hydrogens is 260 g/mol. The van der Waals surface area contributed by atoms with Crippen LogP contribution in [0, 0.1) is 11.8 Å². The van der Waals surface area contributed by atoms with E-state index in [0.717, 1.165) is 12.8 Å². The fraction of sp³-hybridized carbons (Fsp3) is 0.611. The maximum Gasteiger partial charge on any atom is 0.222 e. The van der Waals surface area contributed by atoms with Crippen LogP contribution in [0.15, 0.2) is 24.3 Å². The Morgan fingerprint density at radius 1 is 1.19 bits per heavy atom. The van der Waals surface area contributed by atoms with Crippen molar-refractivity contribution in [1.29, 1.82) is 0 Å². The Balaban J connectivity index is 2.52. The molecule has 1 aromatic carbocycles. The molecule has 1 rings (SSSR count). The Morgan fingerprint density at radius 2 is 1.76 bits per heavy atom. The maximum absolute atomic E-state index is 12.3. The topological polar surface area (TPSA) is 46.3 Å². The molecule has 0 aliphatic rings. The normalized spacial score (nSPS) is 12.5. The van der Waals surface area contributed by atoms with E-state index < -0.39 is 0 Å². The van der Waals surface area contributed by atoms with Gasteiger partial charge in [0.05, 0.1) is 0 Å². The predicted octanol–water partition coefficient (Wildman–Crippen LogP) is 3.22. The van der Waals surface area contributed by atoms with Gasteiger partial charge in [-0.3, -0.25) is 4.79 Å². The van der Waals surface area contributed by atoms with Crippen molar-refractivity contribution in [2.24, 2.45) is 17.6 Å². The molecule has 1 atom stereocenters. The van der Waals surface area contributed by atoms with Crippen molar-refractivity contribution in [2.75, 3.05) is 13.6 Å². The summed E-state index contributed by atoms with van der Waals surface area (Å²) >= 11 is 0. The standard InChI is InChI=1S/C18H30N2O/c1-5-15-6-8-16(9-7-15)13-20(4)18(21)11-17(12-19)10-14(2)3/h6-9,14,17H,5,10-13,19H2,1-4H3. The van der Waals surface area contributed by atoms with Gasteiger partial charge in [-0.2, -0.15) is 0 Å². The number of carbonyl (C=O) groups is 1. The number of nitrogens with zero attached hydrogens (tertiary/aromatic N) is 1. The van der Waals surface area contributed by atoms with Gasteiger partial charge in [-0.25, -0.2) is 0 Å². The minimum Gasteiger partial charge on any atom is -0.341 e. The number of amides is 1. The monoisotopic (exact) mass is 290 g/mol. The molecular formula is C18H30N2O. The van der Waals surface area contributed by atoms with Crippen LogP contribution in [-0.2, 0) is 17.8 Å². The first-order valence-corrected chi connectivity index (χ1v) is 7.98. The number of hydrogen-bond acceptors (Lipinski definition) is 2. The van der Waals surface area contributed by atoms with Gasteiger partial charge in [0.15, 0.2) is 0 Å². The summed E-state index contributed by atoms with van der Waals surface area (Å²) in [5.41, 5.74) is 8.29. The molecule has 1 amide bonds. The summed E-state index contributed by atoms with van der Waals surface area (Å²) in [6.45, 7) is 7.75. The zero-order chi connectivity index (χ0) is 15.8. The quantitative estimate of drug-likeness (QED) is 0.799. The summed E-state index contributed by atoms with van der Waals surface area (Å²) in [5.74, 6) is 1.06. The van der Waals surface area contributed by atoms with Gasteiger partial charge in [0.1, 0.15) is 0 Å². The third kappa shape index (κ3) is 6.30. The molecule has 0 aliphatic carbocycles. The summed E-state index contributed by atoms with van der Waals surface area (Å²) < 4.78 is 0. The lowest BCUT2D eigenvalue weighted by molar-refractivity contribution is -0.131. The lowest BCUT2D eigenvalue weighted by atomic mass is 9.94. The molecule has 1 unspecified atom stereocenters. The van der Waals surface area contributed by atoms with Crippen LogP contribution in [0.2, 0.25) is 0 Å². The third-order valence-corrected chi connectivity index (χ3v) is 3.88. The van der Waals surface area contributed by atoms with Crippen molar-refractivity contribution in [3.05, 3.63) is 35.4 Å². The van der Waals surface area contributed by atoms with Crippen molar-refractivity contribution >= 4 is 5.91 Å². The lowest BCUT2D eigenvalue weighted by Crippen LogP contribution is -2.30. The molecule has 0 fully saturated rings. The minimum absolute atomic E-state index is 0.186. The van der Waals surface area contributed by atoms with Crippen LogP contribution in [0.4, 0.5) is 0 Å². The second-order valence-corrected chi connectivity index (χ2v) is 6.36. The van der Waals surface area contributed by atoms with E-state index in [1.165, 1.54) is 11.1 Å². The van der Waals surface area contributed by atoms with Crippen LogP contribution in [0.1, 0.15) is 44.7 Å². The SMILES string of the molecule is CCc1ccc(CN(C)C(=O)CC(CN)CC(C)C)cc1. The Hall–Kier alpha value is -1.35. The average Bonchev–Trinajstić information content (AvgIpc) is 2.46. The molecule has 0 radical (unpaired) electrons. The average molecular weight is 290 g/mol. The Morgan fingerprint density at radius 3 is 2.24 bits per heavy atom. The van der Waals surface area contributed by atoms with Gasteiger partial charge >= 0.3 is 0 Å². The van der Waals surface area contributed by atoms with E-state index in [9.17, 15) is 4.79 Å². The number of carbonyl (C=O) groups excluding carboxylic acids is 1. The van der Waals surface area contributed by atoms with Crippen LogP contribution >= 0.6 is 0 Å². The molecule has 0 bridgehead atoms. The van der Waals surface area contributed by atoms with Gasteiger partial charge in [-0.15, -0.1) is 0 Å². The second kappa shape index (κ2) is 8.83. The van der Waals surface area contributed by atoms with Crippen LogP contribution in [0.5, 0.6) is 0 Å². The molecule has 3 heteroatoms. The van der Waals surface area contributed by atoms with Crippen LogP contribution < -0.4 is 5.73 Å². The first-order chi connectivity index (χ1) is 9.96. The van der Waals surface area contributed by atoms with Crippen molar-refractivity contribution in [3.8, 4) is 0 Å². The molecule has 0 aromatic heterocycles. The molecule has 0 spiro atoms. The molecule has 1 aromatic rings. The molecule has 21 heavy (non-hydrogen) atoms. The van der Waals surface area contributed by atoms with Crippen molar-refractivity contribution in [1.82, 2.24) is 4.90 Å².